The first-order valence-corrected chi connectivity index (χ1v) is 12.9. The van der Waals surface area contributed by atoms with Gasteiger partial charge in [-0.1, -0.05) is 62.7 Å². The Bertz CT molecular complexity index is 1480. The second-order valence-electron chi connectivity index (χ2n) is 8.82. The van der Waals surface area contributed by atoms with Crippen molar-refractivity contribution in [2.75, 3.05) is 11.8 Å². The minimum absolute atomic E-state index is 0.0327. The molecule has 2 heterocycles. The van der Waals surface area contributed by atoms with Crippen LogP contribution in [0.1, 0.15) is 26.3 Å². The molecule has 186 valence electrons. The lowest BCUT2D eigenvalue weighted by atomic mass is 9.84. The third kappa shape index (κ3) is 5.27. The first kappa shape index (κ1) is 25.4. The second kappa shape index (κ2) is 10.1. The Morgan fingerprint density at radius 2 is 1.50 bits per heavy atom. The van der Waals surface area contributed by atoms with Crippen LogP contribution in [-0.2, 0) is 15.4 Å². The van der Waals surface area contributed by atoms with E-state index in [1.807, 2.05) is 20.8 Å². The molecule has 0 saturated carbocycles. The summed E-state index contributed by atoms with van der Waals surface area (Å²) in [6.45, 7) is 5.78. The maximum atomic E-state index is 13.5. The van der Waals surface area contributed by atoms with Crippen molar-refractivity contribution in [2.24, 2.45) is 0 Å². The van der Waals surface area contributed by atoms with Crippen molar-refractivity contribution in [1.82, 2.24) is 15.0 Å². The van der Waals surface area contributed by atoms with Crippen LogP contribution in [0.5, 0.6) is 17.2 Å². The van der Waals surface area contributed by atoms with Crippen LogP contribution in [0, 0.1) is 0 Å². The third-order valence-corrected chi connectivity index (χ3v) is 6.83. The van der Waals surface area contributed by atoms with Gasteiger partial charge in [0.1, 0.15) is 11.4 Å². The number of halogens is 1. The molecule has 0 amide bonds. The molecule has 1 N–H and O–H groups in total. The summed E-state index contributed by atoms with van der Waals surface area (Å²) in [6, 6.07) is 16.7. The molecule has 0 saturated heterocycles. The van der Waals surface area contributed by atoms with Crippen molar-refractivity contribution in [3.05, 3.63) is 83.8 Å². The van der Waals surface area contributed by atoms with Gasteiger partial charge in [0, 0.05) is 18.0 Å². The summed E-state index contributed by atoms with van der Waals surface area (Å²) in [6.07, 6.45) is 3.16. The summed E-state index contributed by atoms with van der Waals surface area (Å²) in [5.74, 6) is 1.12. The van der Waals surface area contributed by atoms with Crippen LogP contribution in [0.4, 0.5) is 5.69 Å². The van der Waals surface area contributed by atoms with Crippen LogP contribution in [0.25, 0.3) is 11.5 Å². The average molecular weight is 525 g/mol. The van der Waals surface area contributed by atoms with Crippen LogP contribution >= 0.6 is 11.6 Å². The predicted octanol–water partition coefficient (Wildman–Crippen LogP) is 6.09. The highest BCUT2D eigenvalue weighted by atomic mass is 35.5. The lowest BCUT2D eigenvalue weighted by molar-refractivity contribution is 0.378. The Kier molecular flexibility index (Phi) is 7.14. The van der Waals surface area contributed by atoms with Crippen molar-refractivity contribution in [2.45, 2.75) is 31.1 Å². The molecule has 0 atom stereocenters. The van der Waals surface area contributed by atoms with Gasteiger partial charge in [0.25, 0.3) is 10.0 Å². The summed E-state index contributed by atoms with van der Waals surface area (Å²) < 4.78 is 41.3. The number of hydrogen-bond acceptors (Lipinski definition) is 7. The molecule has 36 heavy (non-hydrogen) atoms. The molecule has 0 bridgehead atoms. The lowest BCUT2D eigenvalue weighted by Gasteiger charge is -2.28. The van der Waals surface area contributed by atoms with Crippen molar-refractivity contribution in [1.29, 1.82) is 0 Å². The zero-order valence-electron chi connectivity index (χ0n) is 20.2. The SMILES string of the molecule is COc1ccccc1Oc1c(Cl)nc(-c2ncccn2)c(C(C)(C)C)c1NS(=O)(=O)c1ccccc1. The van der Waals surface area contributed by atoms with E-state index in [0.29, 0.717) is 28.6 Å². The number of hydrogen-bond donors (Lipinski definition) is 1. The molecule has 8 nitrogen and oxygen atoms in total. The Morgan fingerprint density at radius 3 is 2.11 bits per heavy atom. The van der Waals surface area contributed by atoms with E-state index in [0.717, 1.165) is 0 Å². The van der Waals surface area contributed by atoms with Crippen LogP contribution in [0.3, 0.4) is 0 Å². The first-order chi connectivity index (χ1) is 17.1. The summed E-state index contributed by atoms with van der Waals surface area (Å²) >= 11 is 6.66. The zero-order chi connectivity index (χ0) is 25.9. The largest absolute Gasteiger partial charge is 0.493 e. The number of pyridine rings is 1. The number of nitrogens with one attached hydrogen (secondary N) is 1. The zero-order valence-corrected chi connectivity index (χ0v) is 21.8. The maximum absolute atomic E-state index is 13.5. The number of anilines is 1. The van der Waals surface area contributed by atoms with Gasteiger partial charge < -0.3 is 9.47 Å². The molecule has 0 fully saturated rings. The van der Waals surface area contributed by atoms with E-state index >= 15 is 0 Å². The quantitative estimate of drug-likeness (QED) is 0.292. The van der Waals surface area contributed by atoms with Crippen molar-refractivity contribution >= 4 is 27.3 Å². The fourth-order valence-electron chi connectivity index (χ4n) is 3.65. The lowest BCUT2D eigenvalue weighted by Crippen LogP contribution is -2.22. The van der Waals surface area contributed by atoms with Gasteiger partial charge in [-0.15, -0.1) is 0 Å². The molecule has 0 aliphatic heterocycles. The number of nitrogens with zero attached hydrogens (tertiary/aromatic N) is 3. The van der Waals surface area contributed by atoms with Crippen LogP contribution in [0.2, 0.25) is 5.15 Å². The van der Waals surface area contributed by atoms with Gasteiger partial charge in [-0.25, -0.2) is 23.4 Å². The molecule has 2 aromatic heterocycles. The van der Waals surface area contributed by atoms with E-state index in [1.54, 1.807) is 60.9 Å². The fourth-order valence-corrected chi connectivity index (χ4v) is 4.96. The van der Waals surface area contributed by atoms with Crippen LogP contribution in [-0.4, -0.2) is 30.5 Å². The van der Waals surface area contributed by atoms with E-state index in [9.17, 15) is 8.42 Å². The van der Waals surface area contributed by atoms with Gasteiger partial charge in [-0.05, 0) is 35.7 Å². The van der Waals surface area contributed by atoms with E-state index in [2.05, 4.69) is 19.7 Å². The first-order valence-electron chi connectivity index (χ1n) is 11.0. The highest BCUT2D eigenvalue weighted by Gasteiger charge is 2.33. The highest BCUT2D eigenvalue weighted by molar-refractivity contribution is 7.92. The summed E-state index contributed by atoms with van der Waals surface area (Å²) in [7, 11) is -2.52. The van der Waals surface area contributed by atoms with Crippen LogP contribution in [0.15, 0.2) is 78.0 Å². The monoisotopic (exact) mass is 524 g/mol. The smallest absolute Gasteiger partial charge is 0.262 e. The molecule has 10 heteroatoms. The minimum Gasteiger partial charge on any atom is -0.493 e. The van der Waals surface area contributed by atoms with Crippen LogP contribution < -0.4 is 14.2 Å². The van der Waals surface area contributed by atoms with Gasteiger partial charge in [0.05, 0.1) is 12.0 Å². The molecular formula is C26H25ClN4O4S. The number of aromatic nitrogens is 3. The summed E-state index contributed by atoms with van der Waals surface area (Å²) in [5, 5.41) is -0.0675. The molecule has 4 aromatic rings. The summed E-state index contributed by atoms with van der Waals surface area (Å²) in [4.78, 5) is 13.3. The molecule has 0 aliphatic carbocycles. The van der Waals surface area contributed by atoms with Gasteiger partial charge in [0.2, 0.25) is 0 Å². The Balaban J connectivity index is 2.02. The highest BCUT2D eigenvalue weighted by Crippen LogP contribution is 2.47. The molecule has 2 aromatic carbocycles. The Labute approximate surface area is 215 Å². The van der Waals surface area contributed by atoms with E-state index in [4.69, 9.17) is 21.1 Å². The predicted molar refractivity (Wildman–Crippen MR) is 139 cm³/mol. The number of benzene rings is 2. The molecule has 0 unspecified atom stereocenters. The standard InChI is InChI=1S/C26H25ClN4O4S/c1-26(2,3)20-21(31-36(32,33)17-11-6-5-7-12-17)23(35-19-14-9-8-13-18(19)34-4)24(27)30-22(20)25-28-15-10-16-29-25/h5-16H,1-4H3,(H,30,31). The van der Waals surface area contributed by atoms with Gasteiger partial charge in [-0.2, -0.15) is 0 Å². The third-order valence-electron chi connectivity index (χ3n) is 5.21. The molecular weight excluding hydrogens is 500 g/mol. The second-order valence-corrected chi connectivity index (χ2v) is 10.9. The van der Waals surface area contributed by atoms with E-state index < -0.39 is 15.4 Å². The van der Waals surface area contributed by atoms with Crippen molar-refractivity contribution in [3.8, 4) is 28.8 Å². The number of sulfonamides is 1. The van der Waals surface area contributed by atoms with Gasteiger partial charge >= 0.3 is 0 Å². The number of ether oxygens (including phenoxy) is 2. The number of para-hydroxylation sites is 2. The van der Waals surface area contributed by atoms with E-state index in [-0.39, 0.29) is 21.5 Å². The fraction of sp³-hybridized carbons (Fsp3) is 0.192. The van der Waals surface area contributed by atoms with E-state index in [1.165, 1.54) is 19.2 Å². The van der Waals surface area contributed by atoms with Crippen molar-refractivity contribution in [3.63, 3.8) is 0 Å². The topological polar surface area (TPSA) is 103 Å². The average Bonchev–Trinajstić information content (AvgIpc) is 2.86. The Morgan fingerprint density at radius 1 is 0.889 bits per heavy atom. The maximum Gasteiger partial charge on any atom is 0.262 e. The minimum atomic E-state index is -4.03. The molecule has 4 rings (SSSR count). The molecule has 0 spiro atoms. The summed E-state index contributed by atoms with van der Waals surface area (Å²) in [5.41, 5.74) is 0.368. The molecule has 0 aliphatic rings. The number of methoxy groups -OCH3 is 1. The number of rotatable bonds is 7. The van der Waals surface area contributed by atoms with Gasteiger partial charge in [-0.3, -0.25) is 4.72 Å². The Hall–Kier alpha value is -3.69. The van der Waals surface area contributed by atoms with Crippen molar-refractivity contribution < 1.29 is 17.9 Å². The normalized spacial score (nSPS) is 11.7. The van der Waals surface area contributed by atoms with Gasteiger partial charge in [0.15, 0.2) is 28.2 Å². The molecule has 0 radical (unpaired) electrons.